The molecule has 1 aliphatic rings. The molecule has 144 valence electrons. The van der Waals surface area contributed by atoms with Crippen LogP contribution in [0.15, 0.2) is 0 Å². The molecule has 1 aliphatic heterocycles. The lowest BCUT2D eigenvalue weighted by molar-refractivity contribution is 0.204. The Labute approximate surface area is 154 Å². The molecule has 6 heteroatoms. The largest absolute Gasteiger partial charge is 0.415 e. The summed E-state index contributed by atoms with van der Waals surface area (Å²) in [6.45, 7) is 13.7. The van der Waals surface area contributed by atoms with Crippen LogP contribution in [0.1, 0.15) is 80.1 Å². The summed E-state index contributed by atoms with van der Waals surface area (Å²) in [7, 11) is -6.31. The van der Waals surface area contributed by atoms with E-state index in [1.807, 2.05) is 0 Å². The van der Waals surface area contributed by atoms with E-state index < -0.39 is 25.7 Å². The summed E-state index contributed by atoms with van der Waals surface area (Å²) in [5, 5.41) is 0. The van der Waals surface area contributed by atoms with E-state index in [-0.39, 0.29) is 0 Å². The average molecular weight is 391 g/mol. The van der Waals surface area contributed by atoms with Crippen molar-refractivity contribution in [3.63, 3.8) is 0 Å². The van der Waals surface area contributed by atoms with Crippen molar-refractivity contribution in [3.8, 4) is 0 Å². The fourth-order valence-corrected chi connectivity index (χ4v) is 24.3. The van der Waals surface area contributed by atoms with E-state index in [0.717, 1.165) is 36.3 Å². The molecule has 0 unspecified atom stereocenters. The second-order valence-corrected chi connectivity index (χ2v) is 18.5. The lowest BCUT2D eigenvalue weighted by atomic mass is 10.6. The molecule has 0 saturated carbocycles. The third-order valence-electron chi connectivity index (χ3n) is 4.90. The second-order valence-electron chi connectivity index (χ2n) is 7.54. The number of hydrogen-bond donors (Lipinski definition) is 0. The molecular formula is C18H42O3Si3. The highest BCUT2D eigenvalue weighted by atomic mass is 28.5. The molecule has 1 saturated heterocycles. The third kappa shape index (κ3) is 5.77. The van der Waals surface area contributed by atoms with Gasteiger partial charge < -0.3 is 12.3 Å². The first-order valence-corrected chi connectivity index (χ1v) is 17.3. The van der Waals surface area contributed by atoms with E-state index in [2.05, 4.69) is 41.5 Å². The Balaban J connectivity index is 3.29. The van der Waals surface area contributed by atoms with Crippen molar-refractivity contribution in [2.45, 2.75) is 116 Å². The minimum atomic E-state index is -2.10. The Morgan fingerprint density at radius 3 is 0.667 bits per heavy atom. The van der Waals surface area contributed by atoms with E-state index >= 15 is 0 Å². The van der Waals surface area contributed by atoms with Gasteiger partial charge >= 0.3 is 25.7 Å². The maximum Gasteiger partial charge on any atom is 0.320 e. The Morgan fingerprint density at radius 2 is 0.542 bits per heavy atom. The molecule has 0 aromatic rings. The smallest absolute Gasteiger partial charge is 0.320 e. The van der Waals surface area contributed by atoms with Gasteiger partial charge in [-0.1, -0.05) is 80.1 Å². The van der Waals surface area contributed by atoms with Gasteiger partial charge in [0.2, 0.25) is 0 Å². The standard InChI is InChI=1S/C18H42O3Si3/c1-7-13-22(14-8-2)19-23(15-9-3,16-10-4)21-24(20-22,17-11-5)18-12-6/h7-18H2,1-6H3. The van der Waals surface area contributed by atoms with Crippen molar-refractivity contribution in [2.75, 3.05) is 0 Å². The van der Waals surface area contributed by atoms with Crippen LogP contribution in [-0.4, -0.2) is 25.7 Å². The molecule has 0 aromatic heterocycles. The lowest BCUT2D eigenvalue weighted by Gasteiger charge is -2.54. The Hall–Kier alpha value is 0.531. The van der Waals surface area contributed by atoms with E-state index in [4.69, 9.17) is 12.3 Å². The van der Waals surface area contributed by atoms with Gasteiger partial charge in [0.1, 0.15) is 0 Å². The molecule has 0 radical (unpaired) electrons. The van der Waals surface area contributed by atoms with Crippen LogP contribution in [0.5, 0.6) is 0 Å². The van der Waals surface area contributed by atoms with Crippen molar-refractivity contribution in [1.29, 1.82) is 0 Å². The predicted molar refractivity (Wildman–Crippen MR) is 111 cm³/mol. The highest BCUT2D eigenvalue weighted by molar-refractivity contribution is 6.94. The fourth-order valence-electron chi connectivity index (χ4n) is 4.35. The van der Waals surface area contributed by atoms with Crippen LogP contribution in [0, 0.1) is 0 Å². The molecule has 1 rings (SSSR count). The molecule has 24 heavy (non-hydrogen) atoms. The van der Waals surface area contributed by atoms with E-state index in [9.17, 15) is 0 Å². The molecule has 0 aromatic carbocycles. The molecular weight excluding hydrogens is 348 g/mol. The number of hydrogen-bond acceptors (Lipinski definition) is 3. The quantitative estimate of drug-likeness (QED) is 0.341. The van der Waals surface area contributed by atoms with Crippen LogP contribution in [0.25, 0.3) is 0 Å². The Bertz CT molecular complexity index is 270. The first-order valence-electron chi connectivity index (χ1n) is 10.6. The summed E-state index contributed by atoms with van der Waals surface area (Å²) in [5.41, 5.74) is 0. The van der Waals surface area contributed by atoms with Crippen molar-refractivity contribution in [3.05, 3.63) is 0 Å². The summed E-state index contributed by atoms with van der Waals surface area (Å²) >= 11 is 0. The molecule has 0 aliphatic carbocycles. The zero-order chi connectivity index (χ0) is 18.1. The zero-order valence-corrected chi connectivity index (χ0v) is 20.2. The van der Waals surface area contributed by atoms with Gasteiger partial charge in [0, 0.05) is 0 Å². The maximum absolute atomic E-state index is 7.04. The molecule has 0 amide bonds. The van der Waals surface area contributed by atoms with Gasteiger partial charge in [0.15, 0.2) is 0 Å². The second kappa shape index (κ2) is 10.6. The topological polar surface area (TPSA) is 27.7 Å². The predicted octanol–water partition coefficient (Wildman–Crippen LogP) is 6.84. The van der Waals surface area contributed by atoms with Crippen LogP contribution >= 0.6 is 0 Å². The zero-order valence-electron chi connectivity index (χ0n) is 17.2. The molecule has 0 bridgehead atoms. The molecule has 0 N–H and O–H groups in total. The van der Waals surface area contributed by atoms with Crippen molar-refractivity contribution >= 4 is 25.7 Å². The van der Waals surface area contributed by atoms with E-state index in [0.29, 0.717) is 0 Å². The van der Waals surface area contributed by atoms with Gasteiger partial charge in [-0.25, -0.2) is 0 Å². The van der Waals surface area contributed by atoms with Gasteiger partial charge in [-0.15, -0.1) is 0 Å². The minimum absolute atomic E-state index is 1.16. The summed E-state index contributed by atoms with van der Waals surface area (Å²) in [6.07, 6.45) is 7.07. The molecule has 0 atom stereocenters. The van der Waals surface area contributed by atoms with Gasteiger partial charge in [-0.2, -0.15) is 0 Å². The van der Waals surface area contributed by atoms with Gasteiger partial charge in [-0.05, 0) is 36.3 Å². The monoisotopic (exact) mass is 390 g/mol. The van der Waals surface area contributed by atoms with Crippen LogP contribution in [-0.2, 0) is 12.3 Å². The number of rotatable bonds is 12. The fraction of sp³-hybridized carbons (Fsp3) is 1.00. The SMILES string of the molecule is CCC[Si]1(CCC)O[Si](CCC)(CCC)O[Si](CCC)(CCC)O1. The van der Waals surface area contributed by atoms with E-state index in [1.165, 1.54) is 38.5 Å². The molecule has 1 heterocycles. The van der Waals surface area contributed by atoms with Crippen LogP contribution in [0.2, 0.25) is 36.3 Å². The maximum atomic E-state index is 7.04. The molecule has 3 nitrogen and oxygen atoms in total. The molecule has 0 spiro atoms. The lowest BCUT2D eigenvalue weighted by Crippen LogP contribution is -2.70. The van der Waals surface area contributed by atoms with Crippen molar-refractivity contribution in [1.82, 2.24) is 0 Å². The third-order valence-corrected chi connectivity index (χ3v) is 21.4. The van der Waals surface area contributed by atoms with E-state index in [1.54, 1.807) is 0 Å². The highest BCUT2D eigenvalue weighted by Crippen LogP contribution is 2.44. The minimum Gasteiger partial charge on any atom is -0.415 e. The normalized spacial score (nSPS) is 21.8. The first-order chi connectivity index (χ1) is 11.5. The van der Waals surface area contributed by atoms with Gasteiger partial charge in [-0.3, -0.25) is 0 Å². The highest BCUT2D eigenvalue weighted by Gasteiger charge is 2.60. The van der Waals surface area contributed by atoms with Crippen molar-refractivity contribution in [2.24, 2.45) is 0 Å². The van der Waals surface area contributed by atoms with Crippen LogP contribution < -0.4 is 0 Å². The van der Waals surface area contributed by atoms with Crippen LogP contribution in [0.4, 0.5) is 0 Å². The van der Waals surface area contributed by atoms with Gasteiger partial charge in [0.05, 0.1) is 0 Å². The van der Waals surface area contributed by atoms with Crippen LogP contribution in [0.3, 0.4) is 0 Å². The summed E-state index contributed by atoms with van der Waals surface area (Å²) in [4.78, 5) is 0. The Morgan fingerprint density at radius 1 is 0.375 bits per heavy atom. The average Bonchev–Trinajstić information content (AvgIpc) is 2.48. The first kappa shape index (κ1) is 22.6. The summed E-state index contributed by atoms with van der Waals surface area (Å²) in [6, 6.07) is 6.97. The summed E-state index contributed by atoms with van der Waals surface area (Å²) < 4.78 is 21.1. The van der Waals surface area contributed by atoms with Crippen molar-refractivity contribution < 1.29 is 12.3 Å². The Kier molecular flexibility index (Phi) is 9.99. The molecule has 1 fully saturated rings. The van der Waals surface area contributed by atoms with Gasteiger partial charge in [0.25, 0.3) is 0 Å². The summed E-state index contributed by atoms with van der Waals surface area (Å²) in [5.74, 6) is 0.